The topological polar surface area (TPSA) is 93.0 Å². The fourth-order valence-corrected chi connectivity index (χ4v) is 1.68. The summed E-state index contributed by atoms with van der Waals surface area (Å²) < 4.78 is 51.8. The predicted octanol–water partition coefficient (Wildman–Crippen LogP) is 2.17. The molecule has 1 N–H and O–H groups in total. The molecule has 7 nitrogen and oxygen atoms in total. The van der Waals surface area contributed by atoms with Crippen LogP contribution in [-0.4, -0.2) is 26.3 Å². The summed E-state index contributed by atoms with van der Waals surface area (Å²) >= 11 is 0. The summed E-state index contributed by atoms with van der Waals surface area (Å²) in [7, 11) is 0. The Balaban J connectivity index is 0.000000186. The molecule has 1 heterocycles. The Morgan fingerprint density at radius 2 is 1.48 bits per heavy atom. The van der Waals surface area contributed by atoms with Crippen LogP contribution in [0.15, 0.2) is 46.2 Å². The van der Waals surface area contributed by atoms with Crippen LogP contribution >= 0.6 is 0 Å². The minimum absolute atomic E-state index is 0.519. The van der Waals surface area contributed by atoms with Crippen LogP contribution in [0, 0.1) is 23.3 Å². The van der Waals surface area contributed by atoms with Crippen molar-refractivity contribution in [3.63, 3.8) is 0 Å². The minimum Gasteiger partial charge on any atom is -0.244 e. The molecular weight excluding hydrogens is 346 g/mol. The van der Waals surface area contributed by atoms with E-state index in [9.17, 15) is 27.2 Å². The number of para-hydroxylation sites is 2. The summed E-state index contributed by atoms with van der Waals surface area (Å²) in [6, 6.07) is 6.46. The average Bonchev–Trinajstić information content (AvgIpc) is 2.98. The Bertz CT molecular complexity index is 954. The van der Waals surface area contributed by atoms with Gasteiger partial charge in [0.05, 0.1) is 0 Å². The monoisotopic (exact) mass is 353 g/mol. The fraction of sp³-hybridized carbons (Fsp3) is 0. The van der Waals surface area contributed by atoms with Gasteiger partial charge in [0, 0.05) is 0 Å². The minimum atomic E-state index is -0.874. The highest BCUT2D eigenvalue weighted by molar-refractivity contribution is 5.50. The Morgan fingerprint density at radius 1 is 0.960 bits per heavy atom. The summed E-state index contributed by atoms with van der Waals surface area (Å²) in [6.45, 7) is 0. The predicted molar refractivity (Wildman–Crippen MR) is 76.0 cm³/mol. The second kappa shape index (κ2) is 7.79. The van der Waals surface area contributed by atoms with E-state index in [1.165, 1.54) is 12.1 Å². The van der Waals surface area contributed by atoms with Crippen LogP contribution in [-0.2, 0) is 4.79 Å². The van der Waals surface area contributed by atoms with Crippen LogP contribution in [0.3, 0.4) is 0 Å². The van der Waals surface area contributed by atoms with Gasteiger partial charge in [-0.1, -0.05) is 12.1 Å². The van der Waals surface area contributed by atoms with Gasteiger partial charge in [0.1, 0.15) is 11.4 Å². The van der Waals surface area contributed by atoms with Gasteiger partial charge in [-0.15, -0.1) is 0 Å². The van der Waals surface area contributed by atoms with E-state index in [0.29, 0.717) is 4.68 Å². The Kier molecular flexibility index (Phi) is 5.54. The smallest absolute Gasteiger partial charge is 0.244 e. The van der Waals surface area contributed by atoms with Gasteiger partial charge in [-0.2, -0.15) is 9.67 Å². The van der Waals surface area contributed by atoms with Crippen molar-refractivity contribution < 1.29 is 22.4 Å². The standard InChI is InChI=1S/C7H4F2N4O.C7H3F2NO/c8-4-2-1-3-5(9)6(4)13-7(14)10-11-12-13;8-5-2-1-3-6(9)7(5)10-4-11/h1-3H,(H,10,12,14);1-3H. The number of isocyanates is 1. The van der Waals surface area contributed by atoms with Gasteiger partial charge >= 0.3 is 5.69 Å². The van der Waals surface area contributed by atoms with Gasteiger partial charge in [0.15, 0.2) is 23.3 Å². The summed E-state index contributed by atoms with van der Waals surface area (Å²) in [6.07, 6.45) is 1.06. The van der Waals surface area contributed by atoms with Crippen LogP contribution in [0.2, 0.25) is 0 Å². The van der Waals surface area contributed by atoms with Crippen LogP contribution in [0.1, 0.15) is 0 Å². The van der Waals surface area contributed by atoms with Crippen molar-refractivity contribution in [1.82, 2.24) is 20.2 Å². The number of nitrogens with zero attached hydrogens (tertiary/aromatic N) is 4. The largest absolute Gasteiger partial charge is 0.366 e. The number of nitrogens with one attached hydrogen (secondary N) is 1. The number of halogens is 4. The molecule has 0 fully saturated rings. The zero-order valence-electron chi connectivity index (χ0n) is 12.1. The normalized spacial score (nSPS) is 9.76. The first-order valence-corrected chi connectivity index (χ1v) is 6.42. The molecule has 0 amide bonds. The van der Waals surface area contributed by atoms with Crippen molar-refractivity contribution in [3.05, 3.63) is 70.2 Å². The molecule has 0 aliphatic rings. The molecule has 128 valence electrons. The van der Waals surface area contributed by atoms with Crippen molar-refractivity contribution in [3.8, 4) is 5.69 Å². The second-order valence-electron chi connectivity index (χ2n) is 4.26. The lowest BCUT2D eigenvalue weighted by atomic mass is 10.3. The fourth-order valence-electron chi connectivity index (χ4n) is 1.68. The molecule has 0 aliphatic carbocycles. The first kappa shape index (κ1) is 17.8. The first-order chi connectivity index (χ1) is 12.0. The molecule has 0 atom stereocenters. The summed E-state index contributed by atoms with van der Waals surface area (Å²) in [4.78, 5) is 23.5. The van der Waals surface area contributed by atoms with Gasteiger partial charge in [0.25, 0.3) is 0 Å². The number of hydrogen-bond donors (Lipinski definition) is 1. The van der Waals surface area contributed by atoms with E-state index in [0.717, 1.165) is 30.3 Å². The molecule has 25 heavy (non-hydrogen) atoms. The highest BCUT2D eigenvalue weighted by Crippen LogP contribution is 2.20. The third kappa shape index (κ3) is 4.03. The molecule has 3 rings (SSSR count). The van der Waals surface area contributed by atoms with E-state index in [4.69, 9.17) is 0 Å². The molecule has 0 aliphatic heterocycles. The molecule has 3 aromatic rings. The highest BCUT2D eigenvalue weighted by Gasteiger charge is 2.13. The van der Waals surface area contributed by atoms with Gasteiger partial charge in [-0.05, 0) is 34.7 Å². The molecular formula is C14H7F4N5O2. The van der Waals surface area contributed by atoms with Crippen LogP contribution in [0.25, 0.3) is 5.69 Å². The van der Waals surface area contributed by atoms with Crippen molar-refractivity contribution in [2.24, 2.45) is 4.99 Å². The van der Waals surface area contributed by atoms with Gasteiger partial charge < -0.3 is 0 Å². The Hall–Kier alpha value is -3.59. The Labute approximate surface area is 136 Å². The molecule has 1 aromatic heterocycles. The second-order valence-corrected chi connectivity index (χ2v) is 4.26. The summed E-state index contributed by atoms with van der Waals surface area (Å²) in [5.41, 5.74) is -1.93. The lowest BCUT2D eigenvalue weighted by Crippen LogP contribution is -2.18. The van der Waals surface area contributed by atoms with Gasteiger partial charge in [0.2, 0.25) is 6.08 Å². The van der Waals surface area contributed by atoms with E-state index in [-0.39, 0.29) is 0 Å². The van der Waals surface area contributed by atoms with Crippen LogP contribution in [0.4, 0.5) is 23.2 Å². The third-order valence-electron chi connectivity index (χ3n) is 2.72. The van der Waals surface area contributed by atoms with Gasteiger partial charge in [-0.25, -0.2) is 32.2 Å². The molecule has 2 aromatic carbocycles. The Morgan fingerprint density at radius 3 is 1.92 bits per heavy atom. The van der Waals surface area contributed by atoms with Crippen LogP contribution < -0.4 is 5.69 Å². The number of rotatable bonds is 2. The summed E-state index contributed by atoms with van der Waals surface area (Å²) in [5, 5.41) is 8.28. The molecule has 0 saturated heterocycles. The number of carbonyl (C=O) groups excluding carboxylic acids is 1. The third-order valence-corrected chi connectivity index (χ3v) is 2.72. The summed E-state index contributed by atoms with van der Waals surface area (Å²) in [5.74, 6) is -3.48. The lowest BCUT2D eigenvalue weighted by molar-refractivity contribution is 0.553. The first-order valence-electron chi connectivity index (χ1n) is 6.42. The molecule has 11 heteroatoms. The van der Waals surface area contributed by atoms with Crippen LogP contribution in [0.5, 0.6) is 0 Å². The molecule has 0 bridgehead atoms. The maximum atomic E-state index is 13.1. The zero-order valence-corrected chi connectivity index (χ0v) is 12.1. The maximum Gasteiger partial charge on any atom is 0.366 e. The van der Waals surface area contributed by atoms with Crippen molar-refractivity contribution in [2.75, 3.05) is 0 Å². The number of H-pyrrole nitrogens is 1. The van der Waals surface area contributed by atoms with Crippen molar-refractivity contribution in [1.29, 1.82) is 0 Å². The molecule has 0 radical (unpaired) electrons. The van der Waals surface area contributed by atoms with E-state index in [1.807, 2.05) is 5.10 Å². The number of aliphatic imine (C=N–C) groups is 1. The zero-order chi connectivity index (χ0) is 18.4. The van der Waals surface area contributed by atoms with E-state index in [2.05, 4.69) is 15.4 Å². The molecule has 0 spiro atoms. The number of hydrogen-bond acceptors (Lipinski definition) is 5. The van der Waals surface area contributed by atoms with E-state index >= 15 is 0 Å². The van der Waals surface area contributed by atoms with Crippen molar-refractivity contribution in [2.45, 2.75) is 0 Å². The average molecular weight is 353 g/mol. The van der Waals surface area contributed by atoms with E-state index in [1.54, 1.807) is 0 Å². The van der Waals surface area contributed by atoms with Gasteiger partial charge in [-0.3, -0.25) is 0 Å². The number of aromatic nitrogens is 4. The number of benzene rings is 2. The molecule has 0 saturated carbocycles. The number of aromatic amines is 1. The number of tetrazole rings is 1. The maximum absolute atomic E-state index is 13.1. The van der Waals surface area contributed by atoms with Crippen molar-refractivity contribution >= 4 is 11.8 Å². The SMILES string of the molecule is O=C=Nc1c(F)cccc1F.O=c1[nH]nnn1-c1c(F)cccc1F. The quantitative estimate of drug-likeness (QED) is 0.434. The molecule has 0 unspecified atom stereocenters. The highest BCUT2D eigenvalue weighted by atomic mass is 19.1. The van der Waals surface area contributed by atoms with E-state index < -0.39 is 40.3 Å². The lowest BCUT2D eigenvalue weighted by Gasteiger charge is -2.00.